The SMILES string of the molecule is C=CCN1CCC(NC(=NCC(C)(C)Cc2ccccc2)NCC)CC1.I. The van der Waals surface area contributed by atoms with Crippen LogP contribution in [0.2, 0.25) is 0 Å². The van der Waals surface area contributed by atoms with Crippen LogP contribution in [-0.4, -0.2) is 49.6 Å². The van der Waals surface area contributed by atoms with Gasteiger partial charge in [-0.05, 0) is 37.2 Å². The maximum Gasteiger partial charge on any atom is 0.191 e. The molecular formula is C22H37IN4. The van der Waals surface area contributed by atoms with Crippen LogP contribution < -0.4 is 10.6 Å². The van der Waals surface area contributed by atoms with Gasteiger partial charge in [0, 0.05) is 38.8 Å². The largest absolute Gasteiger partial charge is 0.357 e. The van der Waals surface area contributed by atoms with Gasteiger partial charge in [-0.15, -0.1) is 30.6 Å². The van der Waals surface area contributed by atoms with E-state index in [0.717, 1.165) is 57.9 Å². The molecule has 2 rings (SSSR count). The molecule has 0 spiro atoms. The van der Waals surface area contributed by atoms with Crippen LogP contribution in [0.5, 0.6) is 0 Å². The van der Waals surface area contributed by atoms with Gasteiger partial charge in [0.2, 0.25) is 0 Å². The number of rotatable bonds is 8. The monoisotopic (exact) mass is 484 g/mol. The number of halogens is 1. The zero-order chi connectivity index (χ0) is 18.8. The van der Waals surface area contributed by atoms with E-state index in [1.165, 1.54) is 5.56 Å². The molecular weight excluding hydrogens is 447 g/mol. The average molecular weight is 484 g/mol. The number of hydrogen-bond acceptors (Lipinski definition) is 2. The molecule has 0 radical (unpaired) electrons. The van der Waals surface area contributed by atoms with E-state index < -0.39 is 0 Å². The third-order valence-corrected chi connectivity index (χ3v) is 4.85. The van der Waals surface area contributed by atoms with Crippen LogP contribution in [0.25, 0.3) is 0 Å². The molecule has 1 fully saturated rings. The second-order valence-corrected chi connectivity index (χ2v) is 8.03. The Morgan fingerprint density at radius 3 is 2.52 bits per heavy atom. The average Bonchev–Trinajstić information content (AvgIpc) is 2.62. The van der Waals surface area contributed by atoms with Crippen LogP contribution in [0.15, 0.2) is 48.0 Å². The highest BCUT2D eigenvalue weighted by molar-refractivity contribution is 14.0. The maximum absolute atomic E-state index is 4.90. The third-order valence-electron chi connectivity index (χ3n) is 4.85. The Hall–Kier alpha value is -1.08. The van der Waals surface area contributed by atoms with E-state index in [1.54, 1.807) is 0 Å². The fourth-order valence-electron chi connectivity index (χ4n) is 3.45. The summed E-state index contributed by atoms with van der Waals surface area (Å²) in [4.78, 5) is 7.35. The highest BCUT2D eigenvalue weighted by atomic mass is 127. The van der Waals surface area contributed by atoms with Crippen LogP contribution in [-0.2, 0) is 6.42 Å². The standard InChI is InChI=1S/C22H36N4.HI/c1-5-14-26-15-12-20(13-16-26)25-21(23-6-2)24-18-22(3,4)17-19-10-8-7-9-11-19;/h5,7-11,20H,1,6,12-18H2,2-4H3,(H2,23,24,25);1H. The Morgan fingerprint density at radius 2 is 1.93 bits per heavy atom. The lowest BCUT2D eigenvalue weighted by molar-refractivity contribution is 0.225. The summed E-state index contributed by atoms with van der Waals surface area (Å²) in [5.74, 6) is 0.954. The van der Waals surface area contributed by atoms with Gasteiger partial charge < -0.3 is 10.6 Å². The van der Waals surface area contributed by atoms with Gasteiger partial charge in [-0.1, -0.05) is 50.3 Å². The molecule has 0 amide bonds. The second kappa shape index (κ2) is 12.4. The first-order valence-corrected chi connectivity index (χ1v) is 9.94. The lowest BCUT2D eigenvalue weighted by Crippen LogP contribution is -2.49. The predicted octanol–water partition coefficient (Wildman–Crippen LogP) is 4.08. The van der Waals surface area contributed by atoms with Gasteiger partial charge in [-0.2, -0.15) is 0 Å². The van der Waals surface area contributed by atoms with E-state index in [4.69, 9.17) is 4.99 Å². The van der Waals surface area contributed by atoms with Crippen LogP contribution in [0.3, 0.4) is 0 Å². The molecule has 0 bridgehead atoms. The van der Waals surface area contributed by atoms with E-state index in [0.29, 0.717) is 6.04 Å². The zero-order valence-corrected chi connectivity index (χ0v) is 19.5. The lowest BCUT2D eigenvalue weighted by Gasteiger charge is -2.32. The summed E-state index contributed by atoms with van der Waals surface area (Å²) >= 11 is 0. The predicted molar refractivity (Wildman–Crippen MR) is 128 cm³/mol. The fraction of sp³-hybridized carbons (Fsp3) is 0.591. The second-order valence-electron chi connectivity index (χ2n) is 8.03. The molecule has 0 aromatic heterocycles. The van der Waals surface area contributed by atoms with Crippen molar-refractivity contribution in [1.82, 2.24) is 15.5 Å². The van der Waals surface area contributed by atoms with Crippen molar-refractivity contribution < 1.29 is 0 Å². The first-order valence-electron chi connectivity index (χ1n) is 9.94. The van der Waals surface area contributed by atoms with Gasteiger partial charge in [0.15, 0.2) is 5.96 Å². The molecule has 27 heavy (non-hydrogen) atoms. The van der Waals surface area contributed by atoms with Crippen molar-refractivity contribution in [3.63, 3.8) is 0 Å². The first kappa shape index (κ1) is 24.0. The zero-order valence-electron chi connectivity index (χ0n) is 17.2. The Balaban J connectivity index is 0.00000364. The Morgan fingerprint density at radius 1 is 1.26 bits per heavy atom. The Kier molecular flexibility index (Phi) is 11.0. The number of benzene rings is 1. The number of nitrogens with one attached hydrogen (secondary N) is 2. The molecule has 1 aromatic carbocycles. The molecule has 0 aliphatic carbocycles. The van der Waals surface area contributed by atoms with E-state index in [1.807, 2.05) is 6.08 Å². The quantitative estimate of drug-likeness (QED) is 0.253. The van der Waals surface area contributed by atoms with Crippen molar-refractivity contribution in [3.8, 4) is 0 Å². The van der Waals surface area contributed by atoms with Gasteiger partial charge in [-0.25, -0.2) is 0 Å². The summed E-state index contributed by atoms with van der Waals surface area (Å²) in [5, 5.41) is 7.05. The van der Waals surface area contributed by atoms with Gasteiger partial charge >= 0.3 is 0 Å². The Bertz CT molecular complexity index is 563. The summed E-state index contributed by atoms with van der Waals surface area (Å²) in [6.07, 6.45) is 5.35. The number of piperidine rings is 1. The van der Waals surface area contributed by atoms with E-state index in [2.05, 4.69) is 73.2 Å². The van der Waals surface area contributed by atoms with Crippen molar-refractivity contribution in [2.24, 2.45) is 10.4 Å². The van der Waals surface area contributed by atoms with E-state index in [9.17, 15) is 0 Å². The highest BCUT2D eigenvalue weighted by Crippen LogP contribution is 2.22. The fourth-order valence-corrected chi connectivity index (χ4v) is 3.45. The maximum atomic E-state index is 4.90. The molecule has 0 unspecified atom stereocenters. The smallest absolute Gasteiger partial charge is 0.191 e. The summed E-state index contributed by atoms with van der Waals surface area (Å²) in [5.41, 5.74) is 1.51. The normalized spacial score (nSPS) is 16.5. The van der Waals surface area contributed by atoms with Crippen molar-refractivity contribution in [1.29, 1.82) is 0 Å². The molecule has 5 heteroatoms. The van der Waals surface area contributed by atoms with Gasteiger partial charge in [0.25, 0.3) is 0 Å². The van der Waals surface area contributed by atoms with E-state index >= 15 is 0 Å². The topological polar surface area (TPSA) is 39.7 Å². The van der Waals surface area contributed by atoms with Gasteiger partial charge in [0.05, 0.1) is 0 Å². The minimum atomic E-state index is 0. The number of guanidine groups is 1. The molecule has 1 aromatic rings. The molecule has 0 saturated carbocycles. The first-order chi connectivity index (χ1) is 12.5. The minimum Gasteiger partial charge on any atom is -0.357 e. The minimum absolute atomic E-state index is 0. The molecule has 4 nitrogen and oxygen atoms in total. The molecule has 1 heterocycles. The lowest BCUT2D eigenvalue weighted by atomic mass is 9.86. The van der Waals surface area contributed by atoms with Crippen molar-refractivity contribution in [3.05, 3.63) is 48.6 Å². The van der Waals surface area contributed by atoms with Crippen LogP contribution in [0.4, 0.5) is 0 Å². The molecule has 1 aliphatic rings. The highest BCUT2D eigenvalue weighted by Gasteiger charge is 2.21. The van der Waals surface area contributed by atoms with Crippen LogP contribution in [0, 0.1) is 5.41 Å². The molecule has 2 N–H and O–H groups in total. The van der Waals surface area contributed by atoms with Gasteiger partial charge in [0.1, 0.15) is 0 Å². The van der Waals surface area contributed by atoms with Gasteiger partial charge in [-0.3, -0.25) is 9.89 Å². The Labute approximate surface area is 182 Å². The van der Waals surface area contributed by atoms with Crippen LogP contribution >= 0.6 is 24.0 Å². The summed E-state index contributed by atoms with van der Waals surface area (Å²) in [7, 11) is 0. The molecule has 1 saturated heterocycles. The third kappa shape index (κ3) is 9.10. The van der Waals surface area contributed by atoms with Crippen molar-refractivity contribution in [2.75, 3.05) is 32.7 Å². The van der Waals surface area contributed by atoms with Crippen molar-refractivity contribution >= 4 is 29.9 Å². The molecule has 1 aliphatic heterocycles. The van der Waals surface area contributed by atoms with Crippen LogP contribution in [0.1, 0.15) is 39.2 Å². The molecule has 152 valence electrons. The summed E-state index contributed by atoms with van der Waals surface area (Å²) in [6, 6.07) is 11.2. The van der Waals surface area contributed by atoms with Crippen molar-refractivity contribution in [2.45, 2.75) is 46.1 Å². The summed E-state index contributed by atoms with van der Waals surface area (Å²) in [6.45, 7) is 15.5. The number of aliphatic imine (C=N–C) groups is 1. The number of nitrogens with zero attached hydrogens (tertiary/aromatic N) is 2. The molecule has 0 atom stereocenters. The summed E-state index contributed by atoms with van der Waals surface area (Å²) < 4.78 is 0. The van der Waals surface area contributed by atoms with E-state index in [-0.39, 0.29) is 29.4 Å². The number of likely N-dealkylation sites (tertiary alicyclic amines) is 1. The number of hydrogen-bond donors (Lipinski definition) is 2.